The number of fused-ring (bicyclic) bond motifs is 2. The molecule has 0 bridgehead atoms. The van der Waals surface area contributed by atoms with Gasteiger partial charge >= 0.3 is 0 Å². The molecule has 2 aromatic carbocycles. The molecule has 0 aliphatic carbocycles. The van der Waals surface area contributed by atoms with E-state index in [0.717, 1.165) is 16.8 Å². The lowest BCUT2D eigenvalue weighted by molar-refractivity contribution is 0.947. The Morgan fingerprint density at radius 3 is 2.70 bits per heavy atom. The zero-order chi connectivity index (χ0) is 13.5. The third-order valence-electron chi connectivity index (χ3n) is 3.44. The fraction of sp³-hybridized carbons (Fsp3) is 0. The maximum Gasteiger partial charge on any atom is 0.161 e. The molecule has 2 heterocycles. The lowest BCUT2D eigenvalue weighted by Crippen LogP contribution is -1.99. The molecule has 2 aromatic heterocycles. The van der Waals surface area contributed by atoms with Crippen molar-refractivity contribution in [3.8, 4) is 11.1 Å². The minimum Gasteiger partial charge on any atom is -0.382 e. The van der Waals surface area contributed by atoms with Gasteiger partial charge in [0.15, 0.2) is 5.65 Å². The Balaban J connectivity index is 2.02. The molecule has 0 saturated heterocycles. The van der Waals surface area contributed by atoms with Crippen molar-refractivity contribution < 1.29 is 0 Å². The predicted molar refractivity (Wildman–Crippen MR) is 80.3 cm³/mol. The van der Waals surface area contributed by atoms with Crippen molar-refractivity contribution in [2.75, 3.05) is 5.73 Å². The van der Waals surface area contributed by atoms with E-state index < -0.39 is 0 Å². The summed E-state index contributed by atoms with van der Waals surface area (Å²) in [4.78, 5) is 4.36. The quantitative estimate of drug-likeness (QED) is 0.572. The van der Waals surface area contributed by atoms with Gasteiger partial charge in [0, 0.05) is 18.0 Å². The Kier molecular flexibility index (Phi) is 2.23. The van der Waals surface area contributed by atoms with Crippen molar-refractivity contribution in [2.24, 2.45) is 0 Å². The number of nitrogens with zero attached hydrogens (tertiary/aromatic N) is 3. The highest BCUT2D eigenvalue weighted by Gasteiger charge is 2.08. The summed E-state index contributed by atoms with van der Waals surface area (Å²) in [5, 5.41) is 6.64. The van der Waals surface area contributed by atoms with Crippen LogP contribution in [0.15, 0.2) is 60.9 Å². The summed E-state index contributed by atoms with van der Waals surface area (Å²) in [7, 11) is 0. The first-order valence-corrected chi connectivity index (χ1v) is 6.40. The second-order valence-corrected chi connectivity index (χ2v) is 4.74. The molecule has 0 amide bonds. The maximum atomic E-state index is 5.87. The molecule has 2 N–H and O–H groups in total. The number of hydrogen-bond donors (Lipinski definition) is 1. The van der Waals surface area contributed by atoms with Crippen LogP contribution < -0.4 is 5.73 Å². The molecule has 0 aliphatic rings. The molecule has 0 radical (unpaired) electrons. The first kappa shape index (κ1) is 11.0. The molecule has 0 unspecified atom stereocenters. The zero-order valence-corrected chi connectivity index (χ0v) is 10.7. The molecule has 0 saturated carbocycles. The highest BCUT2D eigenvalue weighted by molar-refractivity contribution is 5.90. The van der Waals surface area contributed by atoms with Crippen LogP contribution >= 0.6 is 0 Å². The first-order chi connectivity index (χ1) is 9.81. The monoisotopic (exact) mass is 260 g/mol. The van der Waals surface area contributed by atoms with Crippen LogP contribution in [0, 0.1) is 0 Å². The van der Waals surface area contributed by atoms with Gasteiger partial charge in [-0.05, 0) is 28.5 Å². The molecular formula is C16H12N4. The Morgan fingerprint density at radius 2 is 1.80 bits per heavy atom. The van der Waals surface area contributed by atoms with Crippen LogP contribution in [-0.2, 0) is 0 Å². The highest BCUT2D eigenvalue weighted by Crippen LogP contribution is 2.27. The average Bonchev–Trinajstić information content (AvgIpc) is 2.94. The molecule has 4 rings (SSSR count). The van der Waals surface area contributed by atoms with Gasteiger partial charge < -0.3 is 5.73 Å². The first-order valence-electron chi connectivity index (χ1n) is 6.40. The second kappa shape index (κ2) is 4.06. The third kappa shape index (κ3) is 1.62. The summed E-state index contributed by atoms with van der Waals surface area (Å²) in [5.74, 6) is 0.485. The second-order valence-electron chi connectivity index (χ2n) is 4.74. The van der Waals surface area contributed by atoms with E-state index >= 15 is 0 Å². The molecule has 0 spiro atoms. The highest BCUT2D eigenvalue weighted by atomic mass is 15.3. The van der Waals surface area contributed by atoms with Crippen molar-refractivity contribution in [1.82, 2.24) is 14.6 Å². The van der Waals surface area contributed by atoms with E-state index in [1.54, 1.807) is 16.9 Å². The van der Waals surface area contributed by atoms with E-state index in [1.807, 2.05) is 18.2 Å². The number of nitrogen functional groups attached to an aromatic ring is 1. The number of imidazole rings is 1. The molecule has 4 aromatic rings. The molecule has 96 valence electrons. The van der Waals surface area contributed by atoms with Crippen LogP contribution in [0.25, 0.3) is 27.5 Å². The summed E-state index contributed by atoms with van der Waals surface area (Å²) in [6, 6.07) is 16.5. The summed E-state index contributed by atoms with van der Waals surface area (Å²) in [6.07, 6.45) is 3.53. The number of benzene rings is 2. The standard InChI is InChI=1S/C16H12N4/c17-15-10-14(16-18-7-8-20(16)19-15)13-6-5-11-3-1-2-4-12(11)9-13/h1-10H,(H2,17,19). The summed E-state index contributed by atoms with van der Waals surface area (Å²) >= 11 is 0. The maximum absolute atomic E-state index is 5.87. The minimum absolute atomic E-state index is 0.485. The van der Waals surface area contributed by atoms with Crippen LogP contribution in [0.4, 0.5) is 5.82 Å². The van der Waals surface area contributed by atoms with Gasteiger partial charge in [-0.2, -0.15) is 0 Å². The normalized spacial score (nSPS) is 11.2. The van der Waals surface area contributed by atoms with Crippen LogP contribution in [-0.4, -0.2) is 14.6 Å². The van der Waals surface area contributed by atoms with E-state index in [2.05, 4.69) is 40.4 Å². The molecule has 4 heteroatoms. The number of anilines is 1. The summed E-state index contributed by atoms with van der Waals surface area (Å²) < 4.78 is 1.71. The van der Waals surface area contributed by atoms with Gasteiger partial charge in [-0.3, -0.25) is 0 Å². The largest absolute Gasteiger partial charge is 0.382 e. The number of hydrogen-bond acceptors (Lipinski definition) is 3. The lowest BCUT2D eigenvalue weighted by Gasteiger charge is -2.06. The van der Waals surface area contributed by atoms with Crippen LogP contribution in [0.1, 0.15) is 0 Å². The van der Waals surface area contributed by atoms with Crippen LogP contribution in [0.3, 0.4) is 0 Å². The number of rotatable bonds is 1. The fourth-order valence-electron chi connectivity index (χ4n) is 2.51. The average molecular weight is 260 g/mol. The smallest absolute Gasteiger partial charge is 0.161 e. The molecule has 0 atom stereocenters. The molecule has 20 heavy (non-hydrogen) atoms. The van der Waals surface area contributed by atoms with E-state index in [0.29, 0.717) is 5.82 Å². The number of aromatic nitrogens is 3. The molecule has 0 aliphatic heterocycles. The van der Waals surface area contributed by atoms with Gasteiger partial charge in [0.1, 0.15) is 5.82 Å². The van der Waals surface area contributed by atoms with E-state index in [-0.39, 0.29) is 0 Å². The lowest BCUT2D eigenvalue weighted by atomic mass is 10.0. The van der Waals surface area contributed by atoms with Crippen LogP contribution in [0.5, 0.6) is 0 Å². The van der Waals surface area contributed by atoms with Gasteiger partial charge in [0.05, 0.1) is 0 Å². The Labute approximate surface area is 115 Å². The van der Waals surface area contributed by atoms with Crippen LogP contribution in [0.2, 0.25) is 0 Å². The van der Waals surface area contributed by atoms with Gasteiger partial charge in [-0.25, -0.2) is 9.50 Å². The Bertz CT molecular complexity index is 924. The zero-order valence-electron chi connectivity index (χ0n) is 10.7. The summed E-state index contributed by atoms with van der Waals surface area (Å²) in [5.41, 5.74) is 8.77. The molecule has 4 nitrogen and oxygen atoms in total. The van der Waals surface area contributed by atoms with E-state index in [1.165, 1.54) is 10.8 Å². The van der Waals surface area contributed by atoms with Crippen molar-refractivity contribution in [1.29, 1.82) is 0 Å². The van der Waals surface area contributed by atoms with Gasteiger partial charge in [0.25, 0.3) is 0 Å². The van der Waals surface area contributed by atoms with E-state index in [4.69, 9.17) is 5.73 Å². The van der Waals surface area contributed by atoms with Gasteiger partial charge in [-0.1, -0.05) is 36.4 Å². The minimum atomic E-state index is 0.485. The number of nitrogens with two attached hydrogens (primary N) is 1. The third-order valence-corrected chi connectivity index (χ3v) is 3.44. The summed E-state index contributed by atoms with van der Waals surface area (Å²) in [6.45, 7) is 0. The Hall–Kier alpha value is -2.88. The fourth-order valence-corrected chi connectivity index (χ4v) is 2.51. The van der Waals surface area contributed by atoms with Gasteiger partial charge in [0.2, 0.25) is 0 Å². The van der Waals surface area contributed by atoms with Crippen molar-refractivity contribution >= 4 is 22.2 Å². The topological polar surface area (TPSA) is 56.2 Å². The van der Waals surface area contributed by atoms with Crippen molar-refractivity contribution in [2.45, 2.75) is 0 Å². The van der Waals surface area contributed by atoms with Crippen molar-refractivity contribution in [3.05, 3.63) is 60.9 Å². The molecular weight excluding hydrogens is 248 g/mol. The predicted octanol–water partition coefficient (Wildman–Crippen LogP) is 3.13. The van der Waals surface area contributed by atoms with Gasteiger partial charge in [-0.15, -0.1) is 5.10 Å². The molecule has 0 fully saturated rings. The SMILES string of the molecule is Nc1cc(-c2ccc3ccccc3c2)c2nccn2n1. The van der Waals surface area contributed by atoms with Crippen molar-refractivity contribution in [3.63, 3.8) is 0 Å². The van der Waals surface area contributed by atoms with E-state index in [9.17, 15) is 0 Å². The Morgan fingerprint density at radius 1 is 0.950 bits per heavy atom.